The van der Waals surface area contributed by atoms with E-state index in [1.54, 1.807) is 24.3 Å². The molecule has 4 rings (SSSR count). The molecule has 0 saturated carbocycles. The summed E-state index contributed by atoms with van der Waals surface area (Å²) in [7, 11) is 0. The fraction of sp³-hybridized carbons (Fsp3) is 0.545. The van der Waals surface area contributed by atoms with E-state index in [2.05, 4.69) is 26.2 Å². The molecule has 2 aliphatic rings. The Morgan fingerprint density at radius 1 is 1.04 bits per heavy atom. The summed E-state index contributed by atoms with van der Waals surface area (Å²) in [6.07, 6.45) is 1.16. The topological polar surface area (TPSA) is 141 Å². The van der Waals surface area contributed by atoms with Gasteiger partial charge in [-0.05, 0) is 61.4 Å². The number of phenolic OH excluding ortho intramolecular Hbond substituents is 1. The number of nitrogens with one attached hydrogen (secondary N) is 4. The quantitative estimate of drug-likeness (QED) is 0.329. The number of hydrogen-bond donors (Lipinski definition) is 5. The molecule has 5 N–H and O–H groups in total. The van der Waals surface area contributed by atoms with Crippen molar-refractivity contribution in [2.45, 2.75) is 64.2 Å². The molecule has 0 bridgehead atoms. The summed E-state index contributed by atoms with van der Waals surface area (Å²) in [6.45, 7) is 8.42. The molecule has 1 saturated heterocycles. The Morgan fingerprint density at radius 2 is 1.80 bits per heavy atom. The lowest BCUT2D eigenvalue weighted by molar-refractivity contribution is -0.134. The van der Waals surface area contributed by atoms with Crippen LogP contribution in [0.4, 0.5) is 4.39 Å². The molecule has 11 nitrogen and oxygen atoms in total. The standard InChI is InChI=1S/C33H45ClFN5O6/c1-20(2)29-33(44)38-27(18-40-12-14-45-15-13-40)31(42)36-11-5-7-23-6-4-8-25(35)30(23)46-19-21(3)37-26(32(43)39-29)17-22-9-10-28(41)24(34)16-22/h4,6,8-10,16,20-21,26-27,29,37,41H,5,7,11-15,17-19H2,1-3H3,(H,36,42)(H,38,44)(H,39,43)/t21-,26+,27-,29+/m0/s1. The van der Waals surface area contributed by atoms with Crippen molar-refractivity contribution in [3.05, 3.63) is 58.4 Å². The molecule has 0 unspecified atom stereocenters. The van der Waals surface area contributed by atoms with Crippen LogP contribution in [0.15, 0.2) is 36.4 Å². The minimum absolute atomic E-state index is 0.0576. The number of aryl methyl sites for hydroxylation is 1. The van der Waals surface area contributed by atoms with Crippen LogP contribution in [0.25, 0.3) is 0 Å². The third-order valence-corrected chi connectivity index (χ3v) is 8.43. The third-order valence-electron chi connectivity index (χ3n) is 8.13. The van der Waals surface area contributed by atoms with Gasteiger partial charge in [0.2, 0.25) is 17.7 Å². The van der Waals surface area contributed by atoms with Crippen LogP contribution in [-0.2, 0) is 32.0 Å². The second-order valence-electron chi connectivity index (χ2n) is 12.2. The molecule has 252 valence electrons. The summed E-state index contributed by atoms with van der Waals surface area (Å²) < 4.78 is 26.3. The molecule has 1 fully saturated rings. The van der Waals surface area contributed by atoms with Crippen LogP contribution < -0.4 is 26.0 Å². The Bertz CT molecular complexity index is 1360. The first kappa shape index (κ1) is 35.4. The highest BCUT2D eigenvalue weighted by Crippen LogP contribution is 2.26. The second kappa shape index (κ2) is 16.9. The lowest BCUT2D eigenvalue weighted by Gasteiger charge is -2.32. The van der Waals surface area contributed by atoms with Gasteiger partial charge in [0.15, 0.2) is 11.6 Å². The summed E-state index contributed by atoms with van der Waals surface area (Å²) in [5.41, 5.74) is 1.34. The van der Waals surface area contributed by atoms with Gasteiger partial charge in [-0.2, -0.15) is 0 Å². The van der Waals surface area contributed by atoms with Crippen LogP contribution >= 0.6 is 11.6 Å². The highest BCUT2D eigenvalue weighted by Gasteiger charge is 2.32. The normalized spacial score (nSPS) is 24.5. The number of aromatic hydroxyl groups is 1. The number of para-hydroxylation sites is 1. The Labute approximate surface area is 274 Å². The third kappa shape index (κ3) is 10.0. The molecule has 46 heavy (non-hydrogen) atoms. The van der Waals surface area contributed by atoms with Gasteiger partial charge in [0.25, 0.3) is 0 Å². The lowest BCUT2D eigenvalue weighted by Crippen LogP contribution is -2.61. The number of carbonyl (C=O) groups excluding carboxylic acids is 3. The number of ether oxygens (including phenoxy) is 2. The summed E-state index contributed by atoms with van der Waals surface area (Å²) in [4.78, 5) is 43.0. The Balaban J connectivity index is 1.63. The molecule has 4 atom stereocenters. The number of amides is 3. The smallest absolute Gasteiger partial charge is 0.243 e. The summed E-state index contributed by atoms with van der Waals surface area (Å²) in [5.74, 6) is -2.01. The zero-order chi connectivity index (χ0) is 33.2. The Kier molecular flexibility index (Phi) is 13.0. The second-order valence-corrected chi connectivity index (χ2v) is 12.7. The minimum Gasteiger partial charge on any atom is -0.506 e. The van der Waals surface area contributed by atoms with Gasteiger partial charge >= 0.3 is 0 Å². The highest BCUT2D eigenvalue weighted by atomic mass is 35.5. The average molecular weight is 662 g/mol. The van der Waals surface area contributed by atoms with Gasteiger partial charge in [0.05, 0.1) is 24.3 Å². The van der Waals surface area contributed by atoms with E-state index in [1.807, 2.05) is 20.8 Å². The van der Waals surface area contributed by atoms with Crippen molar-refractivity contribution >= 4 is 29.3 Å². The molecular weight excluding hydrogens is 617 g/mol. The SMILES string of the molecule is CC(C)[C@H]1NC(=O)[C@@H](Cc2ccc(O)c(Cl)c2)N[C@@H](C)COc2c(F)cccc2CCCNC(=O)[C@H](CN2CCOCC2)NC1=O. The predicted molar refractivity (Wildman–Crippen MR) is 172 cm³/mol. The van der Waals surface area contributed by atoms with Crippen molar-refractivity contribution in [1.29, 1.82) is 0 Å². The van der Waals surface area contributed by atoms with Crippen molar-refractivity contribution in [3.63, 3.8) is 0 Å². The van der Waals surface area contributed by atoms with Crippen molar-refractivity contribution in [2.75, 3.05) is 46.0 Å². The Morgan fingerprint density at radius 3 is 2.52 bits per heavy atom. The summed E-state index contributed by atoms with van der Waals surface area (Å²) in [5, 5.41) is 22.0. The van der Waals surface area contributed by atoms with Gasteiger partial charge in [-0.3, -0.25) is 24.6 Å². The maximum absolute atomic E-state index is 14.9. The van der Waals surface area contributed by atoms with Crippen molar-refractivity contribution in [2.24, 2.45) is 5.92 Å². The molecule has 2 aromatic rings. The number of hydrogen-bond acceptors (Lipinski definition) is 8. The number of rotatable bonds is 5. The maximum atomic E-state index is 14.9. The monoisotopic (exact) mass is 661 g/mol. The molecule has 3 amide bonds. The molecule has 13 heteroatoms. The van der Waals surface area contributed by atoms with Gasteiger partial charge in [-0.15, -0.1) is 0 Å². The zero-order valence-corrected chi connectivity index (χ0v) is 27.4. The maximum Gasteiger partial charge on any atom is 0.243 e. The largest absolute Gasteiger partial charge is 0.506 e. The van der Waals surface area contributed by atoms with E-state index >= 15 is 0 Å². The molecule has 2 aliphatic heterocycles. The molecule has 0 spiro atoms. The number of halogens is 2. The van der Waals surface area contributed by atoms with E-state index in [0.717, 1.165) is 0 Å². The van der Waals surface area contributed by atoms with Crippen LogP contribution in [0.5, 0.6) is 11.5 Å². The van der Waals surface area contributed by atoms with Gasteiger partial charge < -0.3 is 30.5 Å². The van der Waals surface area contributed by atoms with Crippen LogP contribution in [0, 0.1) is 11.7 Å². The number of morpholine rings is 1. The Hall–Kier alpha value is -3.45. The van der Waals surface area contributed by atoms with Crippen LogP contribution in [-0.4, -0.2) is 97.9 Å². The van der Waals surface area contributed by atoms with E-state index in [9.17, 15) is 23.9 Å². The van der Waals surface area contributed by atoms with Crippen molar-refractivity contribution in [1.82, 2.24) is 26.2 Å². The molecule has 2 aromatic carbocycles. The summed E-state index contributed by atoms with van der Waals surface area (Å²) in [6, 6.07) is 6.36. The van der Waals surface area contributed by atoms with E-state index in [1.165, 1.54) is 12.1 Å². The molecule has 0 aromatic heterocycles. The highest BCUT2D eigenvalue weighted by molar-refractivity contribution is 6.32. The fourth-order valence-corrected chi connectivity index (χ4v) is 5.76. The van der Waals surface area contributed by atoms with Crippen molar-refractivity contribution < 1.29 is 33.4 Å². The minimum atomic E-state index is -0.938. The van der Waals surface area contributed by atoms with Crippen LogP contribution in [0.2, 0.25) is 5.02 Å². The first-order chi connectivity index (χ1) is 22.0. The van der Waals surface area contributed by atoms with E-state index in [-0.39, 0.29) is 47.9 Å². The fourth-order valence-electron chi connectivity index (χ4n) is 5.55. The molecular formula is C33H45ClFN5O6. The van der Waals surface area contributed by atoms with E-state index < -0.39 is 41.8 Å². The van der Waals surface area contributed by atoms with E-state index in [0.29, 0.717) is 56.8 Å². The molecule has 0 radical (unpaired) electrons. The predicted octanol–water partition coefficient (Wildman–Crippen LogP) is 2.17. The van der Waals surface area contributed by atoms with Gasteiger partial charge in [0, 0.05) is 32.2 Å². The number of nitrogens with zero attached hydrogens (tertiary/aromatic N) is 1. The first-order valence-electron chi connectivity index (χ1n) is 15.8. The number of benzene rings is 2. The molecule has 2 heterocycles. The van der Waals surface area contributed by atoms with Crippen LogP contribution in [0.3, 0.4) is 0 Å². The first-order valence-corrected chi connectivity index (χ1v) is 16.2. The number of fused-ring (bicyclic) bond motifs is 1. The van der Waals surface area contributed by atoms with E-state index in [4.69, 9.17) is 21.1 Å². The summed E-state index contributed by atoms with van der Waals surface area (Å²) >= 11 is 6.15. The number of carbonyl (C=O) groups is 3. The average Bonchev–Trinajstić information content (AvgIpc) is 3.02. The van der Waals surface area contributed by atoms with Crippen molar-refractivity contribution in [3.8, 4) is 11.5 Å². The van der Waals surface area contributed by atoms with Gasteiger partial charge in [-0.1, -0.05) is 43.6 Å². The molecule has 0 aliphatic carbocycles. The zero-order valence-electron chi connectivity index (χ0n) is 26.6. The lowest BCUT2D eigenvalue weighted by atomic mass is 10.00. The van der Waals surface area contributed by atoms with Gasteiger partial charge in [0.1, 0.15) is 24.4 Å². The van der Waals surface area contributed by atoms with Gasteiger partial charge in [-0.25, -0.2) is 4.39 Å². The van der Waals surface area contributed by atoms with Crippen LogP contribution in [0.1, 0.15) is 38.3 Å². The number of phenols is 1.